The lowest BCUT2D eigenvalue weighted by molar-refractivity contribution is 0.176. The Bertz CT molecular complexity index is 1130. The standard InChI is InChI=1S/C22H24ClN5O3/c1-31-19-11-5-4-10-18(19)28-20(25-26-22(28)30)13-15-7-6-12-27(14-15)21(29)24-17-9-3-2-8-16(17)23/h2-5,8-11,15H,6-7,12-14H2,1H3,(H,24,29)(H,26,30)/t15-/m1/s1. The fraction of sp³-hybridized carbons (Fsp3) is 0.318. The maximum atomic E-state index is 12.8. The highest BCUT2D eigenvalue weighted by Gasteiger charge is 2.26. The van der Waals surface area contributed by atoms with E-state index in [2.05, 4.69) is 15.5 Å². The van der Waals surface area contributed by atoms with Crippen LogP contribution in [0, 0.1) is 5.92 Å². The Balaban J connectivity index is 1.49. The van der Waals surface area contributed by atoms with Crippen LogP contribution in [0.4, 0.5) is 10.5 Å². The Morgan fingerprint density at radius 2 is 2.03 bits per heavy atom. The first-order valence-electron chi connectivity index (χ1n) is 10.2. The van der Waals surface area contributed by atoms with E-state index < -0.39 is 0 Å². The summed E-state index contributed by atoms with van der Waals surface area (Å²) >= 11 is 6.16. The molecule has 0 radical (unpaired) electrons. The van der Waals surface area contributed by atoms with E-state index in [1.165, 1.54) is 0 Å². The molecular formula is C22H24ClN5O3. The number of methoxy groups -OCH3 is 1. The molecule has 2 aromatic carbocycles. The highest BCUT2D eigenvalue weighted by atomic mass is 35.5. The van der Waals surface area contributed by atoms with Crippen LogP contribution in [0.15, 0.2) is 53.3 Å². The molecule has 1 aromatic heterocycles. The molecule has 0 aliphatic carbocycles. The number of hydrogen-bond donors (Lipinski definition) is 2. The van der Waals surface area contributed by atoms with Crippen molar-refractivity contribution in [1.82, 2.24) is 19.7 Å². The van der Waals surface area contributed by atoms with Crippen molar-refractivity contribution in [3.63, 3.8) is 0 Å². The van der Waals surface area contributed by atoms with Crippen molar-refractivity contribution in [2.45, 2.75) is 19.3 Å². The first-order chi connectivity index (χ1) is 15.1. The van der Waals surface area contributed by atoms with E-state index >= 15 is 0 Å². The molecule has 162 valence electrons. The Kier molecular flexibility index (Phi) is 6.27. The highest BCUT2D eigenvalue weighted by molar-refractivity contribution is 6.33. The van der Waals surface area contributed by atoms with Gasteiger partial charge in [-0.1, -0.05) is 35.9 Å². The van der Waals surface area contributed by atoms with Crippen LogP contribution in [0.1, 0.15) is 18.7 Å². The number of nitrogens with one attached hydrogen (secondary N) is 2. The number of para-hydroxylation sites is 3. The van der Waals surface area contributed by atoms with Gasteiger partial charge in [0.2, 0.25) is 0 Å². The Labute approximate surface area is 184 Å². The van der Waals surface area contributed by atoms with Gasteiger partial charge in [-0.25, -0.2) is 19.3 Å². The molecule has 9 heteroatoms. The third-order valence-corrected chi connectivity index (χ3v) is 5.79. The van der Waals surface area contributed by atoms with Gasteiger partial charge in [0, 0.05) is 19.5 Å². The molecule has 0 unspecified atom stereocenters. The van der Waals surface area contributed by atoms with Crippen molar-refractivity contribution in [2.75, 3.05) is 25.5 Å². The molecule has 31 heavy (non-hydrogen) atoms. The average molecular weight is 442 g/mol. The number of anilines is 1. The summed E-state index contributed by atoms with van der Waals surface area (Å²) in [5.41, 5.74) is 0.917. The third kappa shape index (κ3) is 4.59. The van der Waals surface area contributed by atoms with Gasteiger partial charge in [-0.15, -0.1) is 0 Å². The number of halogens is 1. The van der Waals surface area contributed by atoms with Crippen molar-refractivity contribution < 1.29 is 9.53 Å². The van der Waals surface area contributed by atoms with Crippen molar-refractivity contribution in [1.29, 1.82) is 0 Å². The number of H-pyrrole nitrogens is 1. The molecule has 2 N–H and O–H groups in total. The smallest absolute Gasteiger partial charge is 0.348 e. The number of aromatic amines is 1. The number of ether oxygens (including phenoxy) is 1. The molecular weight excluding hydrogens is 418 g/mol. The summed E-state index contributed by atoms with van der Waals surface area (Å²) in [4.78, 5) is 27.0. The summed E-state index contributed by atoms with van der Waals surface area (Å²) in [6.45, 7) is 1.25. The SMILES string of the molecule is COc1ccccc1-n1c(C[C@H]2CCCN(C(=O)Nc3ccccc3Cl)C2)n[nH]c1=O. The predicted molar refractivity (Wildman–Crippen MR) is 119 cm³/mol. The van der Waals surface area contributed by atoms with Crippen LogP contribution in [-0.4, -0.2) is 45.9 Å². The quantitative estimate of drug-likeness (QED) is 0.631. The third-order valence-electron chi connectivity index (χ3n) is 5.46. The molecule has 1 atom stereocenters. The van der Waals surface area contributed by atoms with Crippen LogP contribution in [0.25, 0.3) is 5.69 Å². The Morgan fingerprint density at radius 1 is 1.26 bits per heavy atom. The van der Waals surface area contributed by atoms with E-state index in [0.717, 1.165) is 12.8 Å². The maximum absolute atomic E-state index is 12.8. The van der Waals surface area contributed by atoms with Gasteiger partial charge in [0.1, 0.15) is 11.6 Å². The summed E-state index contributed by atoms with van der Waals surface area (Å²) < 4.78 is 6.95. The van der Waals surface area contributed by atoms with Gasteiger partial charge < -0.3 is 15.0 Å². The number of carbonyl (C=O) groups excluding carboxylic acids is 1. The summed E-state index contributed by atoms with van der Waals surface area (Å²) in [5.74, 6) is 1.39. The molecule has 1 aliphatic heterocycles. The maximum Gasteiger partial charge on any atom is 0.348 e. The molecule has 2 amide bonds. The summed E-state index contributed by atoms with van der Waals surface area (Å²) in [6, 6.07) is 14.3. The molecule has 2 heterocycles. The molecule has 1 aliphatic rings. The number of benzene rings is 2. The van der Waals surface area contributed by atoms with Gasteiger partial charge in [0.25, 0.3) is 0 Å². The lowest BCUT2D eigenvalue weighted by atomic mass is 9.94. The molecule has 1 saturated heterocycles. The zero-order chi connectivity index (χ0) is 21.8. The summed E-state index contributed by atoms with van der Waals surface area (Å²) in [7, 11) is 1.57. The first kappa shape index (κ1) is 21.0. The van der Waals surface area contributed by atoms with Gasteiger partial charge >= 0.3 is 11.7 Å². The van der Waals surface area contributed by atoms with Gasteiger partial charge in [-0.05, 0) is 43.0 Å². The largest absolute Gasteiger partial charge is 0.495 e. The fourth-order valence-corrected chi connectivity index (χ4v) is 4.14. The number of nitrogens with zero attached hydrogens (tertiary/aromatic N) is 3. The topological polar surface area (TPSA) is 92.2 Å². The normalized spacial score (nSPS) is 16.2. The second kappa shape index (κ2) is 9.26. The highest BCUT2D eigenvalue weighted by Crippen LogP contribution is 2.26. The zero-order valence-corrected chi connectivity index (χ0v) is 17.9. The van der Waals surface area contributed by atoms with E-state index in [-0.39, 0.29) is 17.6 Å². The van der Waals surface area contributed by atoms with E-state index in [1.54, 1.807) is 34.8 Å². The predicted octanol–water partition coefficient (Wildman–Crippen LogP) is 3.71. The first-order valence-corrected chi connectivity index (χ1v) is 10.5. The minimum absolute atomic E-state index is 0.175. The second-order valence-electron chi connectivity index (χ2n) is 7.52. The molecule has 0 bridgehead atoms. The van der Waals surface area contributed by atoms with Gasteiger partial charge in [0.05, 0.1) is 23.5 Å². The fourth-order valence-electron chi connectivity index (χ4n) is 3.96. The average Bonchev–Trinajstić information content (AvgIpc) is 3.15. The Hall–Kier alpha value is -3.26. The van der Waals surface area contributed by atoms with E-state index in [9.17, 15) is 9.59 Å². The van der Waals surface area contributed by atoms with Crippen LogP contribution in [0.5, 0.6) is 5.75 Å². The molecule has 3 aromatic rings. The molecule has 0 spiro atoms. The summed E-state index contributed by atoms with van der Waals surface area (Å²) in [5, 5.41) is 10.2. The van der Waals surface area contributed by atoms with Crippen molar-refractivity contribution in [3.8, 4) is 11.4 Å². The zero-order valence-electron chi connectivity index (χ0n) is 17.2. The van der Waals surface area contributed by atoms with Crippen LogP contribution in [-0.2, 0) is 6.42 Å². The van der Waals surface area contributed by atoms with Crippen LogP contribution < -0.4 is 15.7 Å². The lowest BCUT2D eigenvalue weighted by Gasteiger charge is -2.32. The minimum atomic E-state index is -0.316. The molecule has 1 fully saturated rings. The lowest BCUT2D eigenvalue weighted by Crippen LogP contribution is -2.43. The summed E-state index contributed by atoms with van der Waals surface area (Å²) in [6.07, 6.45) is 2.39. The number of aromatic nitrogens is 3. The number of urea groups is 1. The number of hydrogen-bond acceptors (Lipinski definition) is 4. The number of amides is 2. The Morgan fingerprint density at radius 3 is 2.84 bits per heavy atom. The minimum Gasteiger partial charge on any atom is -0.495 e. The molecule has 0 saturated carbocycles. The van der Waals surface area contributed by atoms with Crippen LogP contribution in [0.3, 0.4) is 0 Å². The number of carbonyl (C=O) groups is 1. The van der Waals surface area contributed by atoms with E-state index in [1.807, 2.05) is 30.3 Å². The van der Waals surface area contributed by atoms with Crippen LogP contribution in [0.2, 0.25) is 5.02 Å². The number of piperidine rings is 1. The molecule has 8 nitrogen and oxygen atoms in total. The van der Waals surface area contributed by atoms with E-state index in [4.69, 9.17) is 16.3 Å². The number of rotatable bonds is 5. The van der Waals surface area contributed by atoms with Crippen molar-refractivity contribution >= 4 is 23.3 Å². The monoisotopic (exact) mass is 441 g/mol. The number of likely N-dealkylation sites (tertiary alicyclic amines) is 1. The van der Waals surface area contributed by atoms with Crippen LogP contribution >= 0.6 is 11.6 Å². The second-order valence-corrected chi connectivity index (χ2v) is 7.93. The molecule has 4 rings (SSSR count). The van der Waals surface area contributed by atoms with Gasteiger partial charge in [-0.3, -0.25) is 0 Å². The van der Waals surface area contributed by atoms with Gasteiger partial charge in [-0.2, -0.15) is 5.10 Å². The van der Waals surface area contributed by atoms with Crippen molar-refractivity contribution in [2.24, 2.45) is 5.92 Å². The van der Waals surface area contributed by atoms with Crippen molar-refractivity contribution in [3.05, 3.63) is 69.9 Å². The van der Waals surface area contributed by atoms with Gasteiger partial charge in [0.15, 0.2) is 0 Å². The van der Waals surface area contributed by atoms with E-state index in [0.29, 0.717) is 47.5 Å².